The van der Waals surface area contributed by atoms with Crippen LogP contribution >= 0.6 is 0 Å². The average molecular weight is 346 g/mol. The largest absolute Gasteiger partial charge is 0.483 e. The summed E-state index contributed by atoms with van der Waals surface area (Å²) >= 11 is 0. The van der Waals surface area contributed by atoms with Gasteiger partial charge < -0.3 is 4.74 Å². The molecule has 0 aliphatic rings. The molecule has 3 aromatic rings. The monoisotopic (exact) mass is 346 g/mol. The topological polar surface area (TPSA) is 50.7 Å². The lowest BCUT2D eigenvalue weighted by atomic mass is 10.0. The predicted octanol–water partition coefficient (Wildman–Crippen LogP) is 4.49. The van der Waals surface area contributed by atoms with Crippen LogP contribution in [0.5, 0.6) is 5.75 Å². The highest BCUT2D eigenvalue weighted by molar-refractivity contribution is 5.89. The van der Waals surface area contributed by atoms with Crippen molar-refractivity contribution in [2.24, 2.45) is 5.10 Å². The Morgan fingerprint density at radius 2 is 1.77 bits per heavy atom. The summed E-state index contributed by atoms with van der Waals surface area (Å²) in [4.78, 5) is 11.9. The van der Waals surface area contributed by atoms with E-state index in [1.54, 1.807) is 6.21 Å². The summed E-state index contributed by atoms with van der Waals surface area (Å²) in [5, 5.41) is 6.05. The standard InChI is InChI=1S/C22H22N2O2/c1-16(2)18-12-10-17(11-13-18)14-23-24-22(25)15-26-21-9-5-7-19-6-3-4-8-20(19)21/h3-14,16H,15H2,1-2H3,(H,24,25). The Kier molecular flexibility index (Phi) is 5.64. The lowest BCUT2D eigenvalue weighted by molar-refractivity contribution is -0.123. The van der Waals surface area contributed by atoms with Gasteiger partial charge in [0.25, 0.3) is 5.91 Å². The van der Waals surface area contributed by atoms with Gasteiger partial charge in [-0.25, -0.2) is 5.43 Å². The average Bonchev–Trinajstić information content (AvgIpc) is 2.66. The molecule has 0 aromatic heterocycles. The molecule has 0 atom stereocenters. The van der Waals surface area contributed by atoms with Crippen molar-refractivity contribution in [3.63, 3.8) is 0 Å². The normalized spacial score (nSPS) is 11.2. The molecule has 4 nitrogen and oxygen atoms in total. The summed E-state index contributed by atoms with van der Waals surface area (Å²) in [6.45, 7) is 4.22. The Labute approximate surface area is 153 Å². The van der Waals surface area contributed by atoms with Crippen LogP contribution in [0.25, 0.3) is 10.8 Å². The molecule has 0 unspecified atom stereocenters. The first-order valence-electron chi connectivity index (χ1n) is 8.66. The number of carbonyl (C=O) groups excluding carboxylic acids is 1. The van der Waals surface area contributed by atoms with Crippen molar-refractivity contribution in [3.05, 3.63) is 77.9 Å². The van der Waals surface area contributed by atoms with Gasteiger partial charge in [-0.15, -0.1) is 0 Å². The molecule has 0 aliphatic heterocycles. The second-order valence-corrected chi connectivity index (χ2v) is 6.38. The van der Waals surface area contributed by atoms with Crippen LogP contribution in [0.1, 0.15) is 30.9 Å². The number of hydrogen-bond donors (Lipinski definition) is 1. The minimum absolute atomic E-state index is 0.0857. The van der Waals surface area contributed by atoms with Crippen LogP contribution in [0.15, 0.2) is 71.8 Å². The van der Waals surface area contributed by atoms with Gasteiger partial charge in [0, 0.05) is 5.39 Å². The second kappa shape index (κ2) is 8.30. The molecule has 132 valence electrons. The zero-order valence-corrected chi connectivity index (χ0v) is 15.0. The van der Waals surface area contributed by atoms with Crippen LogP contribution in [-0.4, -0.2) is 18.7 Å². The number of amides is 1. The van der Waals surface area contributed by atoms with Gasteiger partial charge in [-0.1, -0.05) is 74.5 Å². The molecule has 0 aliphatic carbocycles. The Balaban J connectivity index is 1.54. The molecule has 3 aromatic carbocycles. The van der Waals surface area contributed by atoms with Gasteiger partial charge in [0.2, 0.25) is 0 Å². The number of ether oxygens (including phenoxy) is 1. The summed E-state index contributed by atoms with van der Waals surface area (Å²) in [5.41, 5.74) is 4.70. The van der Waals surface area contributed by atoms with E-state index in [2.05, 4.69) is 36.5 Å². The lowest BCUT2D eigenvalue weighted by Crippen LogP contribution is -2.24. The van der Waals surface area contributed by atoms with Crippen molar-refractivity contribution in [2.45, 2.75) is 19.8 Å². The maximum Gasteiger partial charge on any atom is 0.277 e. The molecule has 1 N–H and O–H groups in total. The van der Waals surface area contributed by atoms with Crippen molar-refractivity contribution in [2.75, 3.05) is 6.61 Å². The number of hydrogen-bond acceptors (Lipinski definition) is 3. The van der Waals surface area contributed by atoms with Crippen LogP contribution < -0.4 is 10.2 Å². The number of nitrogens with one attached hydrogen (secondary N) is 1. The molecule has 0 bridgehead atoms. The minimum atomic E-state index is -0.298. The van der Waals surface area contributed by atoms with Crippen molar-refractivity contribution in [1.29, 1.82) is 0 Å². The fourth-order valence-corrected chi connectivity index (χ4v) is 2.64. The number of hydrazone groups is 1. The first kappa shape index (κ1) is 17.7. The van der Waals surface area contributed by atoms with E-state index in [-0.39, 0.29) is 12.5 Å². The fourth-order valence-electron chi connectivity index (χ4n) is 2.64. The Hall–Kier alpha value is -3.14. The third kappa shape index (κ3) is 4.48. The summed E-state index contributed by atoms with van der Waals surface area (Å²) in [7, 11) is 0. The summed E-state index contributed by atoms with van der Waals surface area (Å²) in [5.74, 6) is 0.881. The van der Waals surface area contributed by atoms with E-state index in [1.807, 2.05) is 54.6 Å². The van der Waals surface area contributed by atoms with E-state index >= 15 is 0 Å². The molecule has 0 spiro atoms. The second-order valence-electron chi connectivity index (χ2n) is 6.38. The molecular weight excluding hydrogens is 324 g/mol. The van der Waals surface area contributed by atoms with Crippen molar-refractivity contribution < 1.29 is 9.53 Å². The Morgan fingerprint density at radius 1 is 1.04 bits per heavy atom. The highest BCUT2D eigenvalue weighted by Crippen LogP contribution is 2.24. The van der Waals surface area contributed by atoms with Crippen LogP contribution in [0.4, 0.5) is 0 Å². The predicted molar refractivity (Wildman–Crippen MR) is 106 cm³/mol. The summed E-state index contributed by atoms with van der Waals surface area (Å²) in [6.07, 6.45) is 1.62. The van der Waals surface area contributed by atoms with Gasteiger partial charge in [-0.3, -0.25) is 4.79 Å². The number of benzene rings is 3. The van der Waals surface area contributed by atoms with E-state index in [1.165, 1.54) is 5.56 Å². The molecule has 0 heterocycles. The highest BCUT2D eigenvalue weighted by atomic mass is 16.5. The quantitative estimate of drug-likeness (QED) is 0.528. The van der Waals surface area contributed by atoms with Crippen molar-refractivity contribution in [1.82, 2.24) is 5.43 Å². The number of rotatable bonds is 6. The SMILES string of the molecule is CC(C)c1ccc(C=NNC(=O)COc2cccc3ccccc23)cc1. The van der Waals surface area contributed by atoms with Crippen molar-refractivity contribution in [3.8, 4) is 5.75 Å². The number of nitrogens with zero attached hydrogens (tertiary/aromatic N) is 1. The molecule has 0 radical (unpaired) electrons. The van der Waals surface area contributed by atoms with E-state index in [0.29, 0.717) is 11.7 Å². The smallest absolute Gasteiger partial charge is 0.277 e. The number of fused-ring (bicyclic) bond motifs is 1. The maximum absolute atomic E-state index is 11.9. The van der Waals surface area contributed by atoms with Gasteiger partial charge in [0.15, 0.2) is 6.61 Å². The lowest BCUT2D eigenvalue weighted by Gasteiger charge is -2.08. The van der Waals surface area contributed by atoms with Gasteiger partial charge >= 0.3 is 0 Å². The fraction of sp³-hybridized carbons (Fsp3) is 0.182. The maximum atomic E-state index is 11.9. The Bertz CT molecular complexity index is 910. The van der Waals surface area contributed by atoms with Crippen LogP contribution in [-0.2, 0) is 4.79 Å². The third-order valence-corrected chi connectivity index (χ3v) is 4.11. The van der Waals surface area contributed by atoms with E-state index in [0.717, 1.165) is 16.3 Å². The highest BCUT2D eigenvalue weighted by Gasteiger charge is 2.05. The molecule has 1 amide bonds. The van der Waals surface area contributed by atoms with Crippen LogP contribution in [0.3, 0.4) is 0 Å². The molecule has 3 rings (SSSR count). The van der Waals surface area contributed by atoms with Crippen molar-refractivity contribution >= 4 is 22.9 Å². The van der Waals surface area contributed by atoms with Gasteiger partial charge in [0.05, 0.1) is 6.21 Å². The third-order valence-electron chi connectivity index (χ3n) is 4.11. The molecule has 26 heavy (non-hydrogen) atoms. The van der Waals surface area contributed by atoms with Gasteiger partial charge in [0.1, 0.15) is 5.75 Å². The first-order chi connectivity index (χ1) is 12.6. The van der Waals surface area contributed by atoms with Crippen LogP contribution in [0, 0.1) is 0 Å². The number of carbonyl (C=O) groups is 1. The van der Waals surface area contributed by atoms with Crippen LogP contribution in [0.2, 0.25) is 0 Å². The van der Waals surface area contributed by atoms with E-state index in [4.69, 9.17) is 4.74 Å². The van der Waals surface area contributed by atoms with Gasteiger partial charge in [-0.2, -0.15) is 5.10 Å². The molecule has 0 saturated heterocycles. The molecule has 4 heteroatoms. The minimum Gasteiger partial charge on any atom is -0.483 e. The molecular formula is C22H22N2O2. The Morgan fingerprint density at radius 3 is 2.54 bits per heavy atom. The summed E-state index contributed by atoms with van der Waals surface area (Å²) in [6, 6.07) is 21.8. The zero-order chi connectivity index (χ0) is 18.4. The molecule has 0 fully saturated rings. The summed E-state index contributed by atoms with van der Waals surface area (Å²) < 4.78 is 5.64. The van der Waals surface area contributed by atoms with E-state index in [9.17, 15) is 4.79 Å². The zero-order valence-electron chi connectivity index (χ0n) is 15.0. The first-order valence-corrected chi connectivity index (χ1v) is 8.66. The molecule has 0 saturated carbocycles. The van der Waals surface area contributed by atoms with Gasteiger partial charge in [-0.05, 0) is 28.5 Å². The van der Waals surface area contributed by atoms with E-state index < -0.39 is 0 Å².